The summed E-state index contributed by atoms with van der Waals surface area (Å²) in [7, 11) is 0. The fourth-order valence-corrected chi connectivity index (χ4v) is 2.08. The van der Waals surface area contributed by atoms with Crippen LogP contribution in [0.3, 0.4) is 0 Å². The van der Waals surface area contributed by atoms with Gasteiger partial charge in [-0.2, -0.15) is 0 Å². The lowest BCUT2D eigenvalue weighted by Gasteiger charge is -2.38. The molecule has 86 valence electrons. The van der Waals surface area contributed by atoms with E-state index >= 15 is 0 Å². The van der Waals surface area contributed by atoms with E-state index in [0.29, 0.717) is 6.42 Å². The Bertz CT molecular complexity index is 453. The molecule has 2 N–H and O–H groups in total. The van der Waals surface area contributed by atoms with Crippen molar-refractivity contribution in [3.63, 3.8) is 0 Å². The average Bonchev–Trinajstić information content (AvgIpc) is 2.15. The number of aromatic hydroxyl groups is 1. The highest BCUT2D eigenvalue weighted by Gasteiger charge is 2.49. The Hall–Kier alpha value is -1.65. The van der Waals surface area contributed by atoms with Crippen LogP contribution in [-0.2, 0) is 10.2 Å². The van der Waals surface area contributed by atoms with Crippen molar-refractivity contribution in [3.8, 4) is 5.75 Å². The molecule has 0 aliphatic heterocycles. The minimum Gasteiger partial charge on any atom is -0.505 e. The summed E-state index contributed by atoms with van der Waals surface area (Å²) in [5.74, 6) is -4.05. The van der Waals surface area contributed by atoms with Crippen LogP contribution in [0.2, 0.25) is 0 Å². The van der Waals surface area contributed by atoms with Crippen LogP contribution in [0.1, 0.15) is 24.8 Å². The number of hydrogen-bond acceptors (Lipinski definition) is 2. The lowest BCUT2D eigenvalue weighted by atomic mass is 9.64. The van der Waals surface area contributed by atoms with E-state index in [1.807, 2.05) is 0 Å². The van der Waals surface area contributed by atoms with Crippen molar-refractivity contribution in [2.24, 2.45) is 0 Å². The molecule has 0 bridgehead atoms. The number of phenolic OH excluding ortho intramolecular Hbond substituents is 1. The molecule has 16 heavy (non-hydrogen) atoms. The molecule has 0 spiro atoms. The van der Waals surface area contributed by atoms with Gasteiger partial charge in [-0.3, -0.25) is 4.79 Å². The predicted octanol–water partition coefficient (Wildman–Crippen LogP) is 2.18. The Kier molecular flexibility index (Phi) is 2.33. The minimum atomic E-state index is -1.51. The molecule has 0 atom stereocenters. The molecule has 3 nitrogen and oxygen atoms in total. The zero-order valence-corrected chi connectivity index (χ0v) is 8.33. The van der Waals surface area contributed by atoms with Gasteiger partial charge in [0.1, 0.15) is 5.82 Å². The Morgan fingerprint density at radius 2 is 1.94 bits per heavy atom. The molecule has 0 heterocycles. The van der Waals surface area contributed by atoms with Gasteiger partial charge in [-0.1, -0.05) is 6.42 Å². The van der Waals surface area contributed by atoms with Crippen LogP contribution >= 0.6 is 0 Å². The standard InChI is InChI=1S/C11H10F2O3/c12-6-2-3-7(14)9(13)8(6)11(10(15)16)4-1-5-11/h2-3,14H,1,4-5H2,(H,15,16). The van der Waals surface area contributed by atoms with Crippen molar-refractivity contribution < 1.29 is 23.8 Å². The lowest BCUT2D eigenvalue weighted by Crippen LogP contribution is -2.43. The van der Waals surface area contributed by atoms with Gasteiger partial charge < -0.3 is 10.2 Å². The topological polar surface area (TPSA) is 57.5 Å². The molecule has 1 saturated carbocycles. The zero-order valence-electron chi connectivity index (χ0n) is 8.33. The van der Waals surface area contributed by atoms with E-state index in [4.69, 9.17) is 10.2 Å². The summed E-state index contributed by atoms with van der Waals surface area (Å²) in [6.07, 6.45) is 1.00. The maximum absolute atomic E-state index is 13.6. The summed E-state index contributed by atoms with van der Waals surface area (Å²) < 4.78 is 27.1. The van der Waals surface area contributed by atoms with E-state index in [9.17, 15) is 13.6 Å². The van der Waals surface area contributed by atoms with Crippen LogP contribution in [0.5, 0.6) is 5.75 Å². The van der Waals surface area contributed by atoms with Crippen molar-refractivity contribution >= 4 is 5.97 Å². The monoisotopic (exact) mass is 228 g/mol. The van der Waals surface area contributed by atoms with Gasteiger partial charge in [0.2, 0.25) is 0 Å². The molecule has 0 aromatic heterocycles. The number of phenols is 1. The molecule has 2 rings (SSSR count). The highest BCUT2D eigenvalue weighted by atomic mass is 19.1. The highest BCUT2D eigenvalue weighted by molar-refractivity contribution is 5.83. The number of rotatable bonds is 2. The molecule has 0 unspecified atom stereocenters. The van der Waals surface area contributed by atoms with Crippen LogP contribution in [0, 0.1) is 11.6 Å². The number of carbonyl (C=O) groups is 1. The summed E-state index contributed by atoms with van der Waals surface area (Å²) in [6, 6.07) is 1.76. The maximum Gasteiger partial charge on any atom is 0.314 e. The molecule has 1 aliphatic rings. The Balaban J connectivity index is 2.63. The van der Waals surface area contributed by atoms with Gasteiger partial charge in [0.05, 0.1) is 5.41 Å². The minimum absolute atomic E-state index is 0.194. The normalized spacial score (nSPS) is 17.9. The van der Waals surface area contributed by atoms with Gasteiger partial charge in [0.15, 0.2) is 11.6 Å². The van der Waals surface area contributed by atoms with Gasteiger partial charge in [-0.05, 0) is 25.0 Å². The van der Waals surface area contributed by atoms with Crippen LogP contribution in [-0.4, -0.2) is 16.2 Å². The van der Waals surface area contributed by atoms with Gasteiger partial charge in [-0.15, -0.1) is 0 Å². The van der Waals surface area contributed by atoms with E-state index < -0.39 is 34.3 Å². The van der Waals surface area contributed by atoms with Crippen molar-refractivity contribution in [1.29, 1.82) is 0 Å². The Labute approximate surface area is 90.3 Å². The largest absolute Gasteiger partial charge is 0.505 e. The number of benzene rings is 1. The summed E-state index contributed by atoms with van der Waals surface area (Å²) >= 11 is 0. The zero-order chi connectivity index (χ0) is 11.9. The molecular formula is C11H10F2O3. The quantitative estimate of drug-likeness (QED) is 0.815. The van der Waals surface area contributed by atoms with Crippen molar-refractivity contribution in [1.82, 2.24) is 0 Å². The molecule has 1 fully saturated rings. The SMILES string of the molecule is O=C(O)C1(c2c(F)ccc(O)c2F)CCC1. The van der Waals surface area contributed by atoms with Crippen molar-refractivity contribution in [3.05, 3.63) is 29.3 Å². The second kappa shape index (κ2) is 3.43. The van der Waals surface area contributed by atoms with Gasteiger partial charge in [0.25, 0.3) is 0 Å². The molecule has 0 radical (unpaired) electrons. The van der Waals surface area contributed by atoms with Crippen molar-refractivity contribution in [2.45, 2.75) is 24.7 Å². The van der Waals surface area contributed by atoms with Crippen molar-refractivity contribution in [2.75, 3.05) is 0 Å². The molecule has 1 aliphatic carbocycles. The van der Waals surface area contributed by atoms with Crippen LogP contribution in [0.4, 0.5) is 8.78 Å². The fraction of sp³-hybridized carbons (Fsp3) is 0.364. The first-order valence-corrected chi connectivity index (χ1v) is 4.90. The third-order valence-electron chi connectivity index (χ3n) is 3.17. The summed E-state index contributed by atoms with van der Waals surface area (Å²) in [6.45, 7) is 0. The van der Waals surface area contributed by atoms with E-state index in [1.54, 1.807) is 0 Å². The number of carboxylic acid groups (broad SMARTS) is 1. The lowest BCUT2D eigenvalue weighted by molar-refractivity contribution is -0.147. The molecular weight excluding hydrogens is 218 g/mol. The summed E-state index contributed by atoms with van der Waals surface area (Å²) in [5.41, 5.74) is -2.03. The van der Waals surface area contributed by atoms with E-state index in [0.717, 1.165) is 12.1 Å². The smallest absolute Gasteiger partial charge is 0.314 e. The van der Waals surface area contributed by atoms with Gasteiger partial charge >= 0.3 is 5.97 Å². The summed E-state index contributed by atoms with van der Waals surface area (Å²) in [5, 5.41) is 18.2. The Morgan fingerprint density at radius 1 is 1.31 bits per heavy atom. The van der Waals surface area contributed by atoms with Gasteiger partial charge in [0, 0.05) is 5.56 Å². The highest BCUT2D eigenvalue weighted by Crippen LogP contribution is 2.47. The first-order chi connectivity index (χ1) is 7.49. The second-order valence-corrected chi connectivity index (χ2v) is 4.00. The van der Waals surface area contributed by atoms with Crippen LogP contribution < -0.4 is 0 Å². The van der Waals surface area contributed by atoms with E-state index in [-0.39, 0.29) is 12.8 Å². The first kappa shape index (κ1) is 10.9. The number of halogens is 2. The Morgan fingerprint density at radius 3 is 2.38 bits per heavy atom. The first-order valence-electron chi connectivity index (χ1n) is 4.90. The van der Waals surface area contributed by atoms with Gasteiger partial charge in [-0.25, -0.2) is 8.78 Å². The molecule has 5 heteroatoms. The number of aliphatic carboxylic acids is 1. The fourth-order valence-electron chi connectivity index (χ4n) is 2.08. The number of hydrogen-bond donors (Lipinski definition) is 2. The number of carboxylic acids is 1. The molecule has 1 aromatic carbocycles. The third-order valence-corrected chi connectivity index (χ3v) is 3.17. The molecule has 0 amide bonds. The average molecular weight is 228 g/mol. The third kappa shape index (κ3) is 1.27. The van der Waals surface area contributed by atoms with Crippen LogP contribution in [0.15, 0.2) is 12.1 Å². The predicted molar refractivity (Wildman–Crippen MR) is 51.2 cm³/mol. The molecule has 0 saturated heterocycles. The van der Waals surface area contributed by atoms with E-state index in [1.165, 1.54) is 0 Å². The summed E-state index contributed by atoms with van der Waals surface area (Å²) in [4.78, 5) is 11.1. The van der Waals surface area contributed by atoms with Crippen LogP contribution in [0.25, 0.3) is 0 Å². The second-order valence-electron chi connectivity index (χ2n) is 4.00. The molecule has 1 aromatic rings. The van der Waals surface area contributed by atoms with E-state index in [2.05, 4.69) is 0 Å². The maximum atomic E-state index is 13.6.